The molecule has 0 bridgehead atoms. The third-order valence-electron chi connectivity index (χ3n) is 9.96. The molecule has 0 radical (unpaired) electrons. The second kappa shape index (κ2) is 20.4. The van der Waals surface area contributed by atoms with Crippen molar-refractivity contribution >= 4 is 81.2 Å². The fraction of sp³-hybridized carbons (Fsp3) is 0.302. The van der Waals surface area contributed by atoms with Crippen molar-refractivity contribution < 1.29 is 29.1 Å². The number of fused-ring (bicyclic) bond motifs is 2. The van der Waals surface area contributed by atoms with E-state index >= 15 is 0 Å². The first kappa shape index (κ1) is 45.1. The van der Waals surface area contributed by atoms with E-state index in [4.69, 9.17) is 28.1 Å². The molecule has 0 saturated carbocycles. The predicted molar refractivity (Wildman–Crippen MR) is 239 cm³/mol. The Morgan fingerprint density at radius 1 is 0.921 bits per heavy atom. The normalized spacial score (nSPS) is 11.6. The van der Waals surface area contributed by atoms with Gasteiger partial charge in [0, 0.05) is 54.6 Å². The summed E-state index contributed by atoms with van der Waals surface area (Å²) in [6.07, 6.45) is 4.33. The van der Waals surface area contributed by atoms with Crippen LogP contribution in [0.25, 0.3) is 28.1 Å². The fourth-order valence-corrected chi connectivity index (χ4v) is 7.03. The number of aliphatic carboxylic acids is 1. The molecule has 0 fully saturated rings. The molecule has 19 nitrogen and oxygen atoms in total. The van der Waals surface area contributed by atoms with Crippen molar-refractivity contribution in [3.8, 4) is 11.3 Å². The standard InChI is InChI=1S/C43H48ClN13O6/c1-4-18-56(19-5-2)34(59)21-32-36(25-8-12-27(44)13-9-25)52-40-30(7-6-20-57(32)40)50-33(58)23-48-42(63)31(16-17-35(60)61)51-41(62)26-10-14-29(15-11-26)55(3)24-28-22-47-39-37(49-28)38(45)53-43(46)54-39/h6-15,20,22,31H,4-5,16-19,21,23-24H2,1-3H3,(H,48,63)(H,50,58)(H,51,62)(H,60,61)(H4,45,46,47,53,54). The van der Waals surface area contributed by atoms with E-state index in [9.17, 15) is 29.1 Å². The molecular weight excluding hydrogens is 830 g/mol. The number of carbonyl (C=O) groups is 5. The van der Waals surface area contributed by atoms with Gasteiger partial charge in [-0.1, -0.05) is 37.6 Å². The maximum Gasteiger partial charge on any atom is 0.303 e. The highest BCUT2D eigenvalue weighted by Gasteiger charge is 2.25. The van der Waals surface area contributed by atoms with Crippen LogP contribution in [0.5, 0.6) is 0 Å². The summed E-state index contributed by atoms with van der Waals surface area (Å²) in [5.74, 6) is -3.11. The smallest absolute Gasteiger partial charge is 0.303 e. The van der Waals surface area contributed by atoms with Gasteiger partial charge in [-0.05, 0) is 67.8 Å². The summed E-state index contributed by atoms with van der Waals surface area (Å²) in [6, 6.07) is 15.7. The summed E-state index contributed by atoms with van der Waals surface area (Å²) in [6.45, 7) is 5.10. The Bertz CT molecular complexity index is 2630. The Morgan fingerprint density at radius 3 is 2.32 bits per heavy atom. The van der Waals surface area contributed by atoms with Gasteiger partial charge in [0.25, 0.3) is 5.91 Å². The van der Waals surface area contributed by atoms with Crippen molar-refractivity contribution in [2.24, 2.45) is 0 Å². The number of anilines is 4. The Morgan fingerprint density at radius 2 is 1.63 bits per heavy atom. The maximum atomic E-state index is 13.6. The van der Waals surface area contributed by atoms with Gasteiger partial charge in [0.15, 0.2) is 22.6 Å². The van der Waals surface area contributed by atoms with Crippen LogP contribution in [0.4, 0.5) is 23.1 Å². The topological polar surface area (TPSA) is 269 Å². The number of carboxylic acid groups (broad SMARTS) is 1. The van der Waals surface area contributed by atoms with Crippen molar-refractivity contribution in [3.63, 3.8) is 0 Å². The molecule has 4 amide bonds. The number of amides is 4. The monoisotopic (exact) mass is 877 g/mol. The van der Waals surface area contributed by atoms with E-state index in [1.165, 1.54) is 0 Å². The first-order valence-electron chi connectivity index (χ1n) is 20.2. The molecular formula is C43H48ClN13O6. The number of hydrogen-bond donors (Lipinski definition) is 6. The Balaban J connectivity index is 1.12. The van der Waals surface area contributed by atoms with E-state index in [2.05, 4.69) is 35.9 Å². The van der Waals surface area contributed by atoms with Gasteiger partial charge < -0.3 is 46.7 Å². The van der Waals surface area contributed by atoms with Gasteiger partial charge in [-0.15, -0.1) is 0 Å². The second-order valence-corrected chi connectivity index (χ2v) is 15.2. The highest BCUT2D eigenvalue weighted by Crippen LogP contribution is 2.30. The van der Waals surface area contributed by atoms with E-state index in [0.717, 1.165) is 24.1 Å². The van der Waals surface area contributed by atoms with E-state index in [-0.39, 0.29) is 41.7 Å². The van der Waals surface area contributed by atoms with Crippen LogP contribution in [0.1, 0.15) is 61.3 Å². The number of carboxylic acids is 1. The molecule has 1 unspecified atom stereocenters. The number of benzene rings is 2. The molecule has 0 saturated heterocycles. The number of nitrogens with zero attached hydrogens (tertiary/aromatic N) is 8. The van der Waals surface area contributed by atoms with Gasteiger partial charge in [-0.25, -0.2) is 15.0 Å². The van der Waals surface area contributed by atoms with Crippen LogP contribution < -0.4 is 32.3 Å². The molecule has 1 atom stereocenters. The van der Waals surface area contributed by atoms with Crippen LogP contribution >= 0.6 is 11.6 Å². The molecule has 328 valence electrons. The number of nitrogens with one attached hydrogen (secondary N) is 3. The van der Waals surface area contributed by atoms with Gasteiger partial charge in [0.1, 0.15) is 6.04 Å². The van der Waals surface area contributed by atoms with Crippen molar-refractivity contribution in [2.75, 3.05) is 48.4 Å². The molecule has 4 heterocycles. The van der Waals surface area contributed by atoms with Gasteiger partial charge in [0.05, 0.1) is 48.5 Å². The van der Waals surface area contributed by atoms with Gasteiger partial charge in [0.2, 0.25) is 23.7 Å². The number of hydrogen-bond acceptors (Lipinski definition) is 13. The lowest BCUT2D eigenvalue weighted by Crippen LogP contribution is -2.48. The highest BCUT2D eigenvalue weighted by atomic mass is 35.5. The number of carbonyl (C=O) groups excluding carboxylic acids is 4. The number of nitrogen functional groups attached to an aromatic ring is 2. The number of halogens is 1. The lowest BCUT2D eigenvalue weighted by atomic mass is 10.1. The van der Waals surface area contributed by atoms with Crippen molar-refractivity contribution in [3.05, 3.63) is 95.0 Å². The average Bonchev–Trinajstić information content (AvgIpc) is 3.63. The highest BCUT2D eigenvalue weighted by molar-refractivity contribution is 6.30. The van der Waals surface area contributed by atoms with Crippen molar-refractivity contribution in [1.29, 1.82) is 0 Å². The molecule has 6 aromatic rings. The van der Waals surface area contributed by atoms with E-state index < -0.39 is 42.7 Å². The Kier molecular flexibility index (Phi) is 14.6. The Labute approximate surface area is 367 Å². The van der Waals surface area contributed by atoms with Gasteiger partial charge in [-0.2, -0.15) is 9.97 Å². The first-order valence-corrected chi connectivity index (χ1v) is 20.6. The summed E-state index contributed by atoms with van der Waals surface area (Å²) < 4.78 is 1.76. The summed E-state index contributed by atoms with van der Waals surface area (Å²) >= 11 is 6.18. The quantitative estimate of drug-likeness (QED) is 0.0669. The van der Waals surface area contributed by atoms with Crippen LogP contribution in [-0.2, 0) is 32.1 Å². The molecule has 2 aromatic carbocycles. The molecule has 6 rings (SSSR count). The van der Waals surface area contributed by atoms with Gasteiger partial charge >= 0.3 is 5.97 Å². The lowest BCUT2D eigenvalue weighted by molar-refractivity contribution is -0.137. The number of nitrogens with two attached hydrogens (primary N) is 2. The zero-order chi connectivity index (χ0) is 45.2. The Hall–Kier alpha value is -7.41. The summed E-state index contributed by atoms with van der Waals surface area (Å²) in [5.41, 5.74) is 16.3. The maximum absolute atomic E-state index is 13.6. The molecule has 63 heavy (non-hydrogen) atoms. The number of rotatable bonds is 19. The van der Waals surface area contributed by atoms with Crippen LogP contribution in [0.2, 0.25) is 5.02 Å². The van der Waals surface area contributed by atoms with Crippen LogP contribution in [0.15, 0.2) is 73.1 Å². The summed E-state index contributed by atoms with van der Waals surface area (Å²) in [5, 5.41) is 17.8. The molecule has 0 aliphatic rings. The van der Waals surface area contributed by atoms with Gasteiger partial charge in [-0.3, -0.25) is 24.0 Å². The number of pyridine rings is 1. The largest absolute Gasteiger partial charge is 0.481 e. The van der Waals surface area contributed by atoms with Crippen LogP contribution in [0, 0.1) is 0 Å². The van der Waals surface area contributed by atoms with Crippen molar-refractivity contribution in [2.45, 2.75) is 58.5 Å². The predicted octanol–water partition coefficient (Wildman–Crippen LogP) is 4.10. The number of imidazole rings is 1. The summed E-state index contributed by atoms with van der Waals surface area (Å²) in [4.78, 5) is 90.5. The van der Waals surface area contributed by atoms with Crippen LogP contribution in [0.3, 0.4) is 0 Å². The minimum Gasteiger partial charge on any atom is -0.481 e. The second-order valence-electron chi connectivity index (χ2n) is 14.7. The van der Waals surface area contributed by atoms with Crippen molar-refractivity contribution in [1.82, 2.24) is 44.9 Å². The first-order chi connectivity index (χ1) is 30.2. The summed E-state index contributed by atoms with van der Waals surface area (Å²) in [7, 11) is 1.82. The molecule has 4 aromatic heterocycles. The molecule has 20 heteroatoms. The SMILES string of the molecule is CCCN(CCC)C(=O)Cc1c(-c2ccc(Cl)cc2)nc2c(NC(=O)CNC(=O)C(CCC(=O)O)NC(=O)c3ccc(N(C)Cc4cnc5nc(N)nc(N)c5n4)cc3)cccn12. The number of aromatic nitrogens is 6. The molecule has 8 N–H and O–H groups in total. The zero-order valence-electron chi connectivity index (χ0n) is 35.0. The van der Waals surface area contributed by atoms with Crippen LogP contribution in [-0.4, -0.2) is 102 Å². The lowest BCUT2D eigenvalue weighted by Gasteiger charge is -2.21. The fourth-order valence-electron chi connectivity index (χ4n) is 6.90. The molecule has 0 aliphatic heterocycles. The molecule has 0 aliphatic carbocycles. The minimum absolute atomic E-state index is 0.00632. The molecule has 0 spiro atoms. The van der Waals surface area contributed by atoms with E-state index in [1.54, 1.807) is 65.3 Å². The van der Waals surface area contributed by atoms with E-state index in [1.807, 2.05) is 42.8 Å². The third kappa shape index (κ3) is 11.3. The minimum atomic E-state index is -1.28. The zero-order valence-corrected chi connectivity index (χ0v) is 35.7. The van der Waals surface area contributed by atoms with E-state index in [0.29, 0.717) is 58.6 Å². The third-order valence-corrected chi connectivity index (χ3v) is 10.2. The average molecular weight is 878 g/mol.